The first kappa shape index (κ1) is 21.2. The molecule has 3 aromatic heterocycles. The van der Waals surface area contributed by atoms with E-state index in [9.17, 15) is 18.0 Å². The van der Waals surface area contributed by atoms with Gasteiger partial charge in [0, 0.05) is 24.9 Å². The summed E-state index contributed by atoms with van der Waals surface area (Å²) in [4.78, 5) is 18.4. The van der Waals surface area contributed by atoms with Crippen LogP contribution >= 0.6 is 0 Å². The molecular formula is C19H19F3N6O2. The first-order chi connectivity index (χ1) is 14.3. The van der Waals surface area contributed by atoms with Crippen molar-refractivity contribution < 1.29 is 22.4 Å². The third-order valence-corrected chi connectivity index (χ3v) is 4.31. The van der Waals surface area contributed by atoms with Gasteiger partial charge in [-0.25, -0.2) is 4.98 Å². The van der Waals surface area contributed by atoms with Crippen LogP contribution in [0.15, 0.2) is 47.5 Å². The molecule has 1 atom stereocenters. The Bertz CT molecular complexity index is 961. The van der Waals surface area contributed by atoms with E-state index in [0.717, 1.165) is 25.2 Å². The topological polar surface area (TPSA) is 106 Å². The number of nitrogens with zero attached hydrogens (tertiary/aromatic N) is 4. The van der Waals surface area contributed by atoms with Gasteiger partial charge in [-0.05, 0) is 30.7 Å². The van der Waals surface area contributed by atoms with Crippen molar-refractivity contribution in [3.05, 3.63) is 54.3 Å². The molecule has 0 bridgehead atoms. The lowest BCUT2D eigenvalue weighted by Gasteiger charge is -2.10. The second kappa shape index (κ2) is 9.33. The highest BCUT2D eigenvalue weighted by Gasteiger charge is 2.30. The van der Waals surface area contributed by atoms with Crippen molar-refractivity contribution in [2.75, 3.05) is 11.9 Å². The molecule has 1 aliphatic heterocycles. The normalized spacial score (nSPS) is 15.9. The molecule has 1 fully saturated rings. The van der Waals surface area contributed by atoms with Crippen LogP contribution in [0.1, 0.15) is 24.6 Å². The molecule has 4 rings (SSSR count). The van der Waals surface area contributed by atoms with Crippen molar-refractivity contribution >= 4 is 11.6 Å². The van der Waals surface area contributed by atoms with Gasteiger partial charge in [0.25, 0.3) is 5.89 Å². The van der Waals surface area contributed by atoms with Crippen LogP contribution in [0.25, 0.3) is 11.6 Å². The minimum absolute atomic E-state index is 0.208. The minimum Gasteiger partial charge on any atom is -0.422 e. The number of nitrogens with one attached hydrogen (secondary N) is 2. The van der Waals surface area contributed by atoms with Crippen LogP contribution in [-0.2, 0) is 17.5 Å². The minimum atomic E-state index is -4.40. The second-order valence-corrected chi connectivity index (χ2v) is 6.51. The van der Waals surface area contributed by atoms with Crippen LogP contribution in [-0.4, -0.2) is 32.6 Å². The third-order valence-electron chi connectivity index (χ3n) is 4.31. The first-order valence-corrected chi connectivity index (χ1v) is 9.10. The molecule has 8 nitrogen and oxygen atoms in total. The number of alkyl halides is 3. The Kier molecular flexibility index (Phi) is 6.60. The van der Waals surface area contributed by atoms with Crippen molar-refractivity contribution in [2.45, 2.75) is 26.1 Å². The lowest BCUT2D eigenvalue weighted by molar-refractivity contribution is -0.137. The number of rotatable bonds is 4. The Morgan fingerprint density at radius 1 is 1.27 bits per heavy atom. The predicted molar refractivity (Wildman–Crippen MR) is 101 cm³/mol. The molecule has 0 aromatic carbocycles. The molecule has 3 aromatic rings. The maximum Gasteiger partial charge on any atom is 0.417 e. The molecule has 1 saturated heterocycles. The molecule has 4 heterocycles. The van der Waals surface area contributed by atoms with Gasteiger partial charge in [-0.15, -0.1) is 10.2 Å². The Morgan fingerprint density at radius 3 is 2.63 bits per heavy atom. The number of carbonyl (C=O) groups is 1. The summed E-state index contributed by atoms with van der Waals surface area (Å²) in [5, 5.41) is 13.1. The van der Waals surface area contributed by atoms with E-state index in [-0.39, 0.29) is 24.3 Å². The highest BCUT2D eigenvalue weighted by molar-refractivity contribution is 5.80. The van der Waals surface area contributed by atoms with E-state index >= 15 is 0 Å². The van der Waals surface area contributed by atoms with Gasteiger partial charge in [0.2, 0.25) is 12.3 Å². The van der Waals surface area contributed by atoms with Gasteiger partial charge in [0.05, 0.1) is 23.5 Å². The molecular weight excluding hydrogens is 401 g/mol. The van der Waals surface area contributed by atoms with Gasteiger partial charge in [-0.3, -0.25) is 9.78 Å². The standard InChI is InChI=1S/C14H10F3N5O.C5H9NO/c15-14(16,17)9-3-4-10(19-6-9)7-20-11-2-1-5-18-12(11)13-22-21-8-23-13;1-4-2-3-6-5(4)7/h1-6,8,20H,7H2;4H,2-3H2,1H3,(H,6,7). The van der Waals surface area contributed by atoms with Crippen LogP contribution in [0.4, 0.5) is 18.9 Å². The Labute approximate surface area is 169 Å². The van der Waals surface area contributed by atoms with E-state index in [2.05, 4.69) is 30.8 Å². The number of carbonyl (C=O) groups excluding carboxylic acids is 1. The largest absolute Gasteiger partial charge is 0.422 e. The lowest BCUT2D eigenvalue weighted by atomic mass is 10.1. The summed E-state index contributed by atoms with van der Waals surface area (Å²) in [6.45, 7) is 3.05. The second-order valence-electron chi connectivity index (χ2n) is 6.51. The van der Waals surface area contributed by atoms with Crippen molar-refractivity contribution in [1.29, 1.82) is 0 Å². The third kappa shape index (κ3) is 5.52. The summed E-state index contributed by atoms with van der Waals surface area (Å²) in [5.41, 5.74) is 0.739. The van der Waals surface area contributed by atoms with Gasteiger partial charge in [0.15, 0.2) is 5.69 Å². The highest BCUT2D eigenvalue weighted by atomic mass is 19.4. The molecule has 1 amide bonds. The summed E-state index contributed by atoms with van der Waals surface area (Å²) >= 11 is 0. The molecule has 158 valence electrons. The van der Waals surface area contributed by atoms with Crippen LogP contribution in [0.3, 0.4) is 0 Å². The van der Waals surface area contributed by atoms with E-state index < -0.39 is 11.7 Å². The summed E-state index contributed by atoms with van der Waals surface area (Å²) in [6, 6.07) is 5.77. The smallest absolute Gasteiger partial charge is 0.417 e. The van der Waals surface area contributed by atoms with Crippen LogP contribution in [0.5, 0.6) is 0 Å². The van der Waals surface area contributed by atoms with E-state index in [1.807, 2.05) is 6.92 Å². The SMILES string of the molecule is CC1CCNC1=O.FC(F)(F)c1ccc(CNc2cccnc2-c2nnco2)nc1. The summed E-state index contributed by atoms with van der Waals surface area (Å²) in [5.74, 6) is 0.716. The number of amides is 1. The summed E-state index contributed by atoms with van der Waals surface area (Å²) < 4.78 is 42.6. The highest BCUT2D eigenvalue weighted by Crippen LogP contribution is 2.28. The molecule has 0 radical (unpaired) electrons. The van der Waals surface area contributed by atoms with Crippen LogP contribution in [0.2, 0.25) is 0 Å². The van der Waals surface area contributed by atoms with Crippen molar-refractivity contribution in [3.8, 4) is 11.6 Å². The molecule has 1 aliphatic rings. The van der Waals surface area contributed by atoms with Crippen molar-refractivity contribution in [2.24, 2.45) is 5.92 Å². The zero-order valence-corrected chi connectivity index (χ0v) is 16.0. The van der Waals surface area contributed by atoms with Crippen LogP contribution < -0.4 is 10.6 Å². The predicted octanol–water partition coefficient (Wildman–Crippen LogP) is 3.30. The fourth-order valence-electron chi connectivity index (χ4n) is 2.59. The Hall–Kier alpha value is -3.50. The number of anilines is 1. The fourth-order valence-corrected chi connectivity index (χ4v) is 2.59. The number of halogens is 3. The molecule has 1 unspecified atom stereocenters. The number of hydrogen-bond donors (Lipinski definition) is 2. The lowest BCUT2D eigenvalue weighted by Crippen LogP contribution is -2.16. The zero-order valence-electron chi connectivity index (χ0n) is 16.0. The van der Waals surface area contributed by atoms with Gasteiger partial charge < -0.3 is 15.1 Å². The van der Waals surface area contributed by atoms with Gasteiger partial charge in [-0.2, -0.15) is 13.2 Å². The average Bonchev–Trinajstić information content (AvgIpc) is 3.39. The quantitative estimate of drug-likeness (QED) is 0.667. The Morgan fingerprint density at radius 2 is 2.10 bits per heavy atom. The average molecular weight is 420 g/mol. The number of pyridine rings is 2. The van der Waals surface area contributed by atoms with E-state index in [4.69, 9.17) is 4.42 Å². The summed E-state index contributed by atoms with van der Waals surface area (Å²) in [6.07, 6.45) is 0.178. The monoisotopic (exact) mass is 420 g/mol. The van der Waals surface area contributed by atoms with E-state index in [0.29, 0.717) is 17.1 Å². The van der Waals surface area contributed by atoms with E-state index in [1.54, 1.807) is 18.3 Å². The molecule has 30 heavy (non-hydrogen) atoms. The molecule has 11 heteroatoms. The maximum absolute atomic E-state index is 12.5. The van der Waals surface area contributed by atoms with Gasteiger partial charge in [0.1, 0.15) is 0 Å². The maximum atomic E-state index is 12.5. The summed E-state index contributed by atoms with van der Waals surface area (Å²) in [7, 11) is 0. The molecule has 0 saturated carbocycles. The fraction of sp³-hybridized carbons (Fsp3) is 0.316. The molecule has 2 N–H and O–H groups in total. The Balaban J connectivity index is 0.000000310. The van der Waals surface area contributed by atoms with Crippen molar-refractivity contribution in [3.63, 3.8) is 0 Å². The van der Waals surface area contributed by atoms with E-state index in [1.165, 1.54) is 12.5 Å². The number of aromatic nitrogens is 4. The first-order valence-electron chi connectivity index (χ1n) is 9.10. The molecule has 0 spiro atoms. The zero-order chi connectivity index (χ0) is 21.6. The molecule has 0 aliphatic carbocycles. The van der Waals surface area contributed by atoms with Gasteiger partial charge in [-0.1, -0.05) is 6.92 Å². The van der Waals surface area contributed by atoms with Crippen LogP contribution in [0, 0.1) is 5.92 Å². The van der Waals surface area contributed by atoms with Crippen molar-refractivity contribution in [1.82, 2.24) is 25.5 Å². The van der Waals surface area contributed by atoms with Gasteiger partial charge >= 0.3 is 6.18 Å². The number of hydrogen-bond acceptors (Lipinski definition) is 7.